The van der Waals surface area contributed by atoms with Crippen LogP contribution in [0.1, 0.15) is 28.7 Å². The van der Waals surface area contributed by atoms with E-state index in [4.69, 9.17) is 9.15 Å². The Bertz CT molecular complexity index is 1120. The Labute approximate surface area is 173 Å². The van der Waals surface area contributed by atoms with Crippen molar-refractivity contribution in [2.75, 3.05) is 7.11 Å². The van der Waals surface area contributed by atoms with Crippen molar-refractivity contribution in [1.29, 1.82) is 0 Å². The average molecular weight is 404 g/mol. The summed E-state index contributed by atoms with van der Waals surface area (Å²) in [7, 11) is 1.54. The number of carbonyl (C=O) groups is 2. The van der Waals surface area contributed by atoms with Crippen molar-refractivity contribution in [1.82, 2.24) is 9.88 Å². The molecule has 0 saturated carbocycles. The number of aliphatic hydroxyl groups is 1. The molecule has 0 aliphatic carbocycles. The first kappa shape index (κ1) is 19.4. The molecule has 152 valence electrons. The van der Waals surface area contributed by atoms with Gasteiger partial charge in [0.2, 0.25) is 0 Å². The van der Waals surface area contributed by atoms with Gasteiger partial charge in [-0.05, 0) is 55.0 Å². The maximum Gasteiger partial charge on any atom is 0.296 e. The van der Waals surface area contributed by atoms with E-state index in [0.717, 1.165) is 5.56 Å². The Kier molecular flexibility index (Phi) is 5.10. The van der Waals surface area contributed by atoms with Crippen LogP contribution in [0.2, 0.25) is 0 Å². The Balaban J connectivity index is 1.83. The molecule has 0 bridgehead atoms. The molecule has 0 spiro atoms. The van der Waals surface area contributed by atoms with Gasteiger partial charge in [0.05, 0.1) is 12.7 Å². The van der Waals surface area contributed by atoms with Crippen LogP contribution in [0.3, 0.4) is 0 Å². The lowest BCUT2D eigenvalue weighted by atomic mass is 9.99. The van der Waals surface area contributed by atoms with Gasteiger partial charge in [0.15, 0.2) is 0 Å². The monoisotopic (exact) mass is 404 g/mol. The van der Waals surface area contributed by atoms with E-state index in [-0.39, 0.29) is 17.9 Å². The maximum absolute atomic E-state index is 12.9. The second-order valence-corrected chi connectivity index (χ2v) is 6.97. The number of methoxy groups -OCH3 is 1. The SMILES string of the molecule is COc1ccc(/C(O)=C2/C(=O)C(=O)N(Cc3cccnc3)C2c2ccc(C)o2)cc1. The second-order valence-electron chi connectivity index (χ2n) is 6.97. The number of nitrogens with zero attached hydrogens (tertiary/aromatic N) is 2. The number of hydrogen-bond acceptors (Lipinski definition) is 6. The van der Waals surface area contributed by atoms with Gasteiger partial charge in [-0.3, -0.25) is 14.6 Å². The molecule has 2 aromatic heterocycles. The zero-order valence-corrected chi connectivity index (χ0v) is 16.5. The first-order chi connectivity index (χ1) is 14.5. The predicted octanol–water partition coefficient (Wildman–Crippen LogP) is 3.61. The molecule has 1 atom stereocenters. The van der Waals surface area contributed by atoms with E-state index in [1.54, 1.807) is 61.8 Å². The van der Waals surface area contributed by atoms with Crippen LogP contribution >= 0.6 is 0 Å². The van der Waals surface area contributed by atoms with Crippen LogP contribution in [0.15, 0.2) is 70.9 Å². The number of benzene rings is 1. The lowest BCUT2D eigenvalue weighted by Gasteiger charge is -2.23. The van der Waals surface area contributed by atoms with Gasteiger partial charge in [-0.1, -0.05) is 6.07 Å². The third-order valence-electron chi connectivity index (χ3n) is 5.01. The normalized spacial score (nSPS) is 18.1. The summed E-state index contributed by atoms with van der Waals surface area (Å²) < 4.78 is 10.9. The number of furan rings is 1. The number of Topliss-reactive ketones (excluding diaryl/α,β-unsaturated/α-hetero) is 1. The number of rotatable bonds is 5. The van der Waals surface area contributed by atoms with Crippen LogP contribution in [0.4, 0.5) is 0 Å². The number of amides is 1. The minimum absolute atomic E-state index is 0.0107. The Morgan fingerprint density at radius 1 is 1.17 bits per heavy atom. The van der Waals surface area contributed by atoms with Crippen molar-refractivity contribution in [3.63, 3.8) is 0 Å². The molecule has 7 heteroatoms. The van der Waals surface area contributed by atoms with Gasteiger partial charge in [-0.15, -0.1) is 0 Å². The molecule has 1 aromatic carbocycles. The van der Waals surface area contributed by atoms with E-state index in [1.165, 1.54) is 12.0 Å². The molecule has 1 unspecified atom stereocenters. The molecule has 30 heavy (non-hydrogen) atoms. The number of hydrogen-bond donors (Lipinski definition) is 1. The summed E-state index contributed by atoms with van der Waals surface area (Å²) in [5.41, 5.74) is 1.16. The smallest absolute Gasteiger partial charge is 0.296 e. The highest BCUT2D eigenvalue weighted by molar-refractivity contribution is 6.46. The molecule has 1 aliphatic heterocycles. The molecule has 1 amide bonds. The summed E-state index contributed by atoms with van der Waals surface area (Å²) in [5, 5.41) is 11.0. The molecular weight excluding hydrogens is 384 g/mol. The number of ether oxygens (including phenoxy) is 1. The van der Waals surface area contributed by atoms with E-state index >= 15 is 0 Å². The molecule has 3 aromatic rings. The summed E-state index contributed by atoms with van der Waals surface area (Å²) in [4.78, 5) is 31.3. The molecule has 0 radical (unpaired) electrons. The summed E-state index contributed by atoms with van der Waals surface area (Å²) in [6.45, 7) is 1.93. The van der Waals surface area contributed by atoms with E-state index in [0.29, 0.717) is 22.8 Å². The fourth-order valence-electron chi connectivity index (χ4n) is 3.53. The molecular formula is C23H20N2O5. The van der Waals surface area contributed by atoms with Gasteiger partial charge >= 0.3 is 0 Å². The van der Waals surface area contributed by atoms with E-state index in [1.807, 2.05) is 6.07 Å². The number of carbonyl (C=O) groups excluding carboxylic acids is 2. The van der Waals surface area contributed by atoms with Crippen LogP contribution < -0.4 is 4.74 Å². The van der Waals surface area contributed by atoms with Crippen LogP contribution in [-0.4, -0.2) is 33.8 Å². The van der Waals surface area contributed by atoms with E-state index in [2.05, 4.69) is 4.98 Å². The lowest BCUT2D eigenvalue weighted by molar-refractivity contribution is -0.140. The van der Waals surface area contributed by atoms with Crippen LogP contribution in [0.5, 0.6) is 5.75 Å². The van der Waals surface area contributed by atoms with Gasteiger partial charge in [0.25, 0.3) is 11.7 Å². The van der Waals surface area contributed by atoms with Gasteiger partial charge in [0, 0.05) is 24.5 Å². The van der Waals surface area contributed by atoms with E-state index < -0.39 is 17.7 Å². The highest BCUT2D eigenvalue weighted by Crippen LogP contribution is 2.40. The number of pyridine rings is 1. The number of aryl methyl sites for hydroxylation is 1. The standard InChI is InChI=1S/C23H20N2O5/c1-14-5-10-18(30-14)20-19(21(26)16-6-8-17(29-2)9-7-16)22(27)23(28)25(20)13-15-4-3-11-24-12-15/h3-12,20,26H,13H2,1-2H3/b21-19-. The number of aliphatic hydroxyl groups excluding tert-OH is 1. The highest BCUT2D eigenvalue weighted by Gasteiger charge is 2.47. The van der Waals surface area contributed by atoms with Crippen LogP contribution in [0, 0.1) is 6.92 Å². The fourth-order valence-corrected chi connectivity index (χ4v) is 3.53. The average Bonchev–Trinajstić information content (AvgIpc) is 3.30. The van der Waals surface area contributed by atoms with Gasteiger partial charge < -0.3 is 19.2 Å². The molecule has 1 fully saturated rings. The predicted molar refractivity (Wildman–Crippen MR) is 109 cm³/mol. The lowest BCUT2D eigenvalue weighted by Crippen LogP contribution is -2.29. The minimum atomic E-state index is -0.846. The number of likely N-dealkylation sites (tertiary alicyclic amines) is 1. The summed E-state index contributed by atoms with van der Waals surface area (Å²) in [6.07, 6.45) is 3.27. The summed E-state index contributed by atoms with van der Waals surface area (Å²) >= 11 is 0. The number of ketones is 1. The van der Waals surface area contributed by atoms with Gasteiger partial charge in [-0.25, -0.2) is 0 Å². The highest BCUT2D eigenvalue weighted by atomic mass is 16.5. The first-order valence-corrected chi connectivity index (χ1v) is 9.37. The Hall–Kier alpha value is -3.87. The second kappa shape index (κ2) is 7.87. The molecule has 7 nitrogen and oxygen atoms in total. The first-order valence-electron chi connectivity index (χ1n) is 9.37. The van der Waals surface area contributed by atoms with Crippen LogP contribution in [0.25, 0.3) is 5.76 Å². The third-order valence-corrected chi connectivity index (χ3v) is 5.01. The van der Waals surface area contributed by atoms with Crippen molar-refractivity contribution in [2.45, 2.75) is 19.5 Å². The van der Waals surface area contributed by atoms with Crippen molar-refractivity contribution in [3.8, 4) is 5.75 Å². The fraction of sp³-hybridized carbons (Fsp3) is 0.174. The minimum Gasteiger partial charge on any atom is -0.507 e. The summed E-state index contributed by atoms with van der Waals surface area (Å²) in [6, 6.07) is 12.8. The van der Waals surface area contributed by atoms with Gasteiger partial charge in [-0.2, -0.15) is 0 Å². The largest absolute Gasteiger partial charge is 0.507 e. The topological polar surface area (TPSA) is 92.9 Å². The van der Waals surface area contributed by atoms with Crippen molar-refractivity contribution >= 4 is 17.4 Å². The molecule has 1 N–H and O–H groups in total. The molecule has 1 aliphatic rings. The van der Waals surface area contributed by atoms with Crippen molar-refractivity contribution < 1.29 is 23.8 Å². The third kappa shape index (κ3) is 3.45. The summed E-state index contributed by atoms with van der Waals surface area (Å²) in [5.74, 6) is -0.0585. The molecule has 4 rings (SSSR count). The number of aromatic nitrogens is 1. The molecule has 3 heterocycles. The zero-order valence-electron chi connectivity index (χ0n) is 16.5. The quantitative estimate of drug-likeness (QED) is 0.397. The Morgan fingerprint density at radius 3 is 2.53 bits per heavy atom. The Morgan fingerprint density at radius 2 is 1.93 bits per heavy atom. The van der Waals surface area contributed by atoms with Crippen molar-refractivity contribution in [3.05, 3.63) is 89.1 Å². The maximum atomic E-state index is 12.9. The molecule has 1 saturated heterocycles. The van der Waals surface area contributed by atoms with Crippen LogP contribution in [-0.2, 0) is 16.1 Å². The van der Waals surface area contributed by atoms with Gasteiger partial charge in [0.1, 0.15) is 29.1 Å². The van der Waals surface area contributed by atoms with Crippen molar-refractivity contribution in [2.24, 2.45) is 0 Å². The zero-order chi connectivity index (χ0) is 21.3. The van der Waals surface area contributed by atoms with E-state index in [9.17, 15) is 14.7 Å².